The van der Waals surface area contributed by atoms with Crippen LogP contribution in [-0.4, -0.2) is 74.3 Å². The summed E-state index contributed by atoms with van der Waals surface area (Å²) in [7, 11) is 2.15. The third-order valence-electron chi connectivity index (χ3n) is 5.26. The van der Waals surface area contributed by atoms with Gasteiger partial charge in [-0.3, -0.25) is 0 Å². The largest absolute Gasteiger partial charge is 0.366 e. The van der Waals surface area contributed by atoms with Gasteiger partial charge in [0, 0.05) is 58.4 Å². The van der Waals surface area contributed by atoms with Crippen LogP contribution in [0.1, 0.15) is 0 Å². The van der Waals surface area contributed by atoms with Gasteiger partial charge in [-0.2, -0.15) is 0 Å². The van der Waals surface area contributed by atoms with Crippen molar-refractivity contribution in [3.63, 3.8) is 0 Å². The normalized spacial score (nSPS) is 19.1. The quantitative estimate of drug-likeness (QED) is 0.833. The van der Waals surface area contributed by atoms with Crippen molar-refractivity contribution >= 4 is 17.3 Å². The van der Waals surface area contributed by atoms with Crippen molar-refractivity contribution in [2.75, 3.05) is 74.1 Å². The van der Waals surface area contributed by atoms with Gasteiger partial charge in [-0.1, -0.05) is 12.1 Å². The monoisotopic (exact) mass is 356 g/mol. The zero-order valence-corrected chi connectivity index (χ0v) is 15.2. The van der Waals surface area contributed by atoms with Crippen LogP contribution in [0.5, 0.6) is 0 Å². The van der Waals surface area contributed by atoms with Crippen LogP contribution in [0.2, 0.25) is 0 Å². The zero-order valence-electron chi connectivity index (χ0n) is 15.2. The molecular formula is C19H25FN6. The minimum Gasteiger partial charge on any atom is -0.366 e. The van der Waals surface area contributed by atoms with E-state index in [1.807, 2.05) is 12.1 Å². The van der Waals surface area contributed by atoms with Gasteiger partial charge in [-0.05, 0) is 19.2 Å². The second-order valence-electron chi connectivity index (χ2n) is 6.95. The molecule has 0 aliphatic carbocycles. The Bertz CT molecular complexity index is 738. The minimum atomic E-state index is -0.152. The molecule has 0 unspecified atom stereocenters. The number of hydrogen-bond acceptors (Lipinski definition) is 6. The van der Waals surface area contributed by atoms with Crippen LogP contribution in [0.25, 0.3) is 0 Å². The van der Waals surface area contributed by atoms with Gasteiger partial charge in [0.15, 0.2) is 0 Å². The molecule has 0 amide bonds. The molecule has 2 saturated heterocycles. The zero-order chi connectivity index (χ0) is 17.9. The molecule has 2 aromatic rings. The Morgan fingerprint density at radius 1 is 0.769 bits per heavy atom. The number of para-hydroxylation sites is 1. The molecule has 0 atom stereocenters. The van der Waals surface area contributed by atoms with Gasteiger partial charge >= 0.3 is 0 Å². The molecule has 138 valence electrons. The second kappa shape index (κ2) is 7.45. The van der Waals surface area contributed by atoms with Gasteiger partial charge in [0.05, 0.1) is 5.69 Å². The molecule has 2 fully saturated rings. The first-order chi connectivity index (χ1) is 12.7. The van der Waals surface area contributed by atoms with E-state index < -0.39 is 0 Å². The van der Waals surface area contributed by atoms with E-state index in [-0.39, 0.29) is 5.82 Å². The summed E-state index contributed by atoms with van der Waals surface area (Å²) < 4.78 is 14.0. The lowest BCUT2D eigenvalue weighted by molar-refractivity contribution is 0.312. The lowest BCUT2D eigenvalue weighted by Crippen LogP contribution is -2.47. The van der Waals surface area contributed by atoms with Crippen molar-refractivity contribution in [3.05, 3.63) is 42.5 Å². The van der Waals surface area contributed by atoms with Gasteiger partial charge in [0.2, 0.25) is 0 Å². The Labute approximate surface area is 153 Å². The summed E-state index contributed by atoms with van der Waals surface area (Å²) in [5.74, 6) is 1.81. The lowest BCUT2D eigenvalue weighted by Gasteiger charge is -2.37. The lowest BCUT2D eigenvalue weighted by atomic mass is 10.2. The molecule has 0 spiro atoms. The Hall–Kier alpha value is -2.41. The Morgan fingerprint density at radius 2 is 1.31 bits per heavy atom. The fourth-order valence-electron chi connectivity index (χ4n) is 3.60. The summed E-state index contributed by atoms with van der Waals surface area (Å²) in [6, 6.07) is 9.08. The third kappa shape index (κ3) is 3.58. The van der Waals surface area contributed by atoms with Crippen molar-refractivity contribution in [1.82, 2.24) is 14.9 Å². The molecule has 7 heteroatoms. The van der Waals surface area contributed by atoms with Crippen molar-refractivity contribution in [2.24, 2.45) is 0 Å². The summed E-state index contributed by atoms with van der Waals surface area (Å²) in [6.45, 7) is 7.33. The number of likely N-dealkylation sites (N-methyl/N-ethyl adjacent to an activating group) is 1. The number of aromatic nitrogens is 2. The van der Waals surface area contributed by atoms with Crippen molar-refractivity contribution in [3.8, 4) is 0 Å². The molecule has 2 aliphatic heterocycles. The second-order valence-corrected chi connectivity index (χ2v) is 6.95. The first-order valence-electron chi connectivity index (χ1n) is 9.21. The summed E-state index contributed by atoms with van der Waals surface area (Å²) >= 11 is 0. The standard InChI is InChI=1S/C19H25FN6/c1-23-6-8-25(9-7-23)18-14-19(22-15-21-18)26-12-10-24(11-13-26)17-5-3-2-4-16(17)20/h2-5,14-15H,6-13H2,1H3. The van der Waals surface area contributed by atoms with Gasteiger partial charge < -0.3 is 19.6 Å². The Morgan fingerprint density at radius 3 is 1.92 bits per heavy atom. The average molecular weight is 356 g/mol. The smallest absolute Gasteiger partial charge is 0.146 e. The van der Waals surface area contributed by atoms with Crippen LogP contribution in [-0.2, 0) is 0 Å². The van der Waals surface area contributed by atoms with Crippen LogP contribution < -0.4 is 14.7 Å². The number of anilines is 3. The number of benzene rings is 1. The topological polar surface area (TPSA) is 38.7 Å². The molecule has 0 bridgehead atoms. The third-order valence-corrected chi connectivity index (χ3v) is 5.26. The van der Waals surface area contributed by atoms with Crippen LogP contribution in [0.3, 0.4) is 0 Å². The van der Waals surface area contributed by atoms with Crippen LogP contribution in [0.4, 0.5) is 21.7 Å². The summed E-state index contributed by atoms with van der Waals surface area (Å²) in [5, 5.41) is 0. The fourth-order valence-corrected chi connectivity index (χ4v) is 3.60. The van der Waals surface area contributed by atoms with Crippen molar-refractivity contribution in [2.45, 2.75) is 0 Å². The predicted molar refractivity (Wildman–Crippen MR) is 103 cm³/mol. The van der Waals surface area contributed by atoms with E-state index in [2.05, 4.69) is 42.7 Å². The minimum absolute atomic E-state index is 0.152. The van der Waals surface area contributed by atoms with Crippen LogP contribution >= 0.6 is 0 Å². The first-order valence-corrected chi connectivity index (χ1v) is 9.21. The van der Waals surface area contributed by atoms with Crippen LogP contribution in [0, 0.1) is 5.82 Å². The van der Waals surface area contributed by atoms with E-state index in [1.165, 1.54) is 6.07 Å². The molecule has 4 rings (SSSR count). The maximum Gasteiger partial charge on any atom is 0.146 e. The molecule has 1 aromatic carbocycles. The van der Waals surface area contributed by atoms with E-state index in [9.17, 15) is 4.39 Å². The summed E-state index contributed by atoms with van der Waals surface area (Å²) in [5.41, 5.74) is 0.688. The number of rotatable bonds is 3. The van der Waals surface area contributed by atoms with Crippen LogP contribution in [0.15, 0.2) is 36.7 Å². The molecule has 0 N–H and O–H groups in total. The fraction of sp³-hybridized carbons (Fsp3) is 0.474. The summed E-state index contributed by atoms with van der Waals surface area (Å²) in [6.07, 6.45) is 1.66. The van der Waals surface area contributed by atoms with E-state index in [0.29, 0.717) is 5.69 Å². The van der Waals surface area contributed by atoms with E-state index in [1.54, 1.807) is 12.4 Å². The Balaban J connectivity index is 1.42. The van der Waals surface area contributed by atoms with Gasteiger partial charge in [0.25, 0.3) is 0 Å². The molecule has 2 aliphatic rings. The molecule has 0 radical (unpaired) electrons. The molecule has 0 saturated carbocycles. The van der Waals surface area contributed by atoms with Gasteiger partial charge in [-0.25, -0.2) is 14.4 Å². The van der Waals surface area contributed by atoms with Gasteiger partial charge in [0.1, 0.15) is 23.8 Å². The molecule has 6 nitrogen and oxygen atoms in total. The summed E-state index contributed by atoms with van der Waals surface area (Å²) in [4.78, 5) is 18.0. The highest BCUT2D eigenvalue weighted by molar-refractivity contribution is 5.53. The SMILES string of the molecule is CN1CCN(c2cc(N3CCN(c4ccccc4F)CC3)ncn2)CC1. The van der Waals surface area contributed by atoms with Crippen molar-refractivity contribution in [1.29, 1.82) is 0 Å². The number of hydrogen-bond donors (Lipinski definition) is 0. The first kappa shape index (κ1) is 17.0. The van der Waals surface area contributed by atoms with E-state index >= 15 is 0 Å². The van der Waals surface area contributed by atoms with Gasteiger partial charge in [-0.15, -0.1) is 0 Å². The van der Waals surface area contributed by atoms with Crippen molar-refractivity contribution < 1.29 is 4.39 Å². The van der Waals surface area contributed by atoms with E-state index in [0.717, 1.165) is 64.0 Å². The highest BCUT2D eigenvalue weighted by atomic mass is 19.1. The number of nitrogens with zero attached hydrogens (tertiary/aromatic N) is 6. The van der Waals surface area contributed by atoms with E-state index in [4.69, 9.17) is 0 Å². The number of piperazine rings is 2. The molecule has 3 heterocycles. The highest BCUT2D eigenvalue weighted by Gasteiger charge is 2.22. The molecule has 1 aromatic heterocycles. The maximum atomic E-state index is 14.0. The Kier molecular flexibility index (Phi) is 4.88. The highest BCUT2D eigenvalue weighted by Crippen LogP contribution is 2.23. The predicted octanol–water partition coefficient (Wildman–Crippen LogP) is 1.69. The maximum absolute atomic E-state index is 14.0. The molecular weight excluding hydrogens is 331 g/mol. The molecule has 26 heavy (non-hydrogen) atoms. The average Bonchev–Trinajstić information content (AvgIpc) is 2.69. The number of halogens is 1.